The fourth-order valence-corrected chi connectivity index (χ4v) is 4.17. The van der Waals surface area contributed by atoms with Gasteiger partial charge in [0.1, 0.15) is 11.5 Å². The van der Waals surface area contributed by atoms with Gasteiger partial charge >= 0.3 is 0 Å². The smallest absolute Gasteiger partial charge is 0.287 e. The Morgan fingerprint density at radius 2 is 1.92 bits per heavy atom. The Morgan fingerprint density at radius 1 is 1.08 bits per heavy atom. The maximum absolute atomic E-state index is 4.65. The highest BCUT2D eigenvalue weighted by molar-refractivity contribution is 5.95. The average Bonchev–Trinajstić information content (AvgIpc) is 3.18. The van der Waals surface area contributed by atoms with Crippen molar-refractivity contribution in [2.45, 2.75) is 27.2 Å². The number of fused-ring (bicyclic) bond motifs is 4. The highest BCUT2D eigenvalue weighted by Crippen LogP contribution is 2.40. The molecule has 5 rings (SSSR count). The first-order valence-corrected chi connectivity index (χ1v) is 8.95. The Hall–Kier alpha value is -3.01. The number of hydrogen-bond donors (Lipinski definition) is 0. The number of aryl methyl sites for hydroxylation is 3. The van der Waals surface area contributed by atoms with Crippen molar-refractivity contribution in [1.29, 1.82) is 0 Å². The number of rotatable bonds is 1. The molecule has 0 aliphatic carbocycles. The fourth-order valence-electron chi connectivity index (χ4n) is 4.17. The highest BCUT2D eigenvalue weighted by Gasteiger charge is 2.28. The Kier molecular flexibility index (Phi) is 3.08. The monoisotopic (exact) mass is 341 g/mol. The number of benzene rings is 2. The van der Waals surface area contributed by atoms with Crippen molar-refractivity contribution >= 4 is 10.9 Å². The van der Waals surface area contributed by atoms with Gasteiger partial charge in [-0.2, -0.15) is 0 Å². The van der Waals surface area contributed by atoms with Crippen molar-refractivity contribution < 1.29 is 4.57 Å². The van der Waals surface area contributed by atoms with Crippen LogP contribution < -0.4 is 4.57 Å². The maximum Gasteiger partial charge on any atom is 0.287 e. The van der Waals surface area contributed by atoms with Gasteiger partial charge in [-0.3, -0.25) is 0 Å². The van der Waals surface area contributed by atoms with Crippen LogP contribution in [0.15, 0.2) is 43.0 Å². The van der Waals surface area contributed by atoms with Gasteiger partial charge in [0.25, 0.3) is 6.33 Å². The topological polar surface area (TPSA) is 34.6 Å². The number of imidazole rings is 1. The van der Waals surface area contributed by atoms with E-state index < -0.39 is 0 Å². The summed E-state index contributed by atoms with van der Waals surface area (Å²) in [7, 11) is 2.08. The van der Waals surface area contributed by atoms with Crippen LogP contribution in [-0.2, 0) is 13.5 Å². The molecule has 4 nitrogen and oxygen atoms in total. The van der Waals surface area contributed by atoms with Crippen molar-refractivity contribution in [3.8, 4) is 16.9 Å². The van der Waals surface area contributed by atoms with E-state index in [1.165, 1.54) is 44.6 Å². The quantitative estimate of drug-likeness (QED) is 0.435. The lowest BCUT2D eigenvalue weighted by Gasteiger charge is -2.17. The van der Waals surface area contributed by atoms with E-state index in [2.05, 4.69) is 77.4 Å². The molecule has 0 bridgehead atoms. The molecule has 0 fully saturated rings. The molecule has 0 radical (unpaired) electrons. The van der Waals surface area contributed by atoms with Crippen LogP contribution in [0, 0.1) is 20.8 Å². The van der Waals surface area contributed by atoms with Crippen LogP contribution in [-0.4, -0.2) is 14.5 Å². The second-order valence-corrected chi connectivity index (χ2v) is 7.32. The van der Waals surface area contributed by atoms with Gasteiger partial charge in [-0.25, -0.2) is 9.55 Å². The van der Waals surface area contributed by atoms with E-state index in [0.29, 0.717) is 0 Å². The van der Waals surface area contributed by atoms with E-state index in [9.17, 15) is 0 Å². The number of hydrogen-bond acceptors (Lipinski definition) is 2. The summed E-state index contributed by atoms with van der Waals surface area (Å²) in [5.41, 5.74) is 10.0. The number of aromatic nitrogens is 4. The summed E-state index contributed by atoms with van der Waals surface area (Å²) < 4.78 is 4.40. The van der Waals surface area contributed by atoms with Gasteiger partial charge in [0, 0.05) is 24.4 Å². The second-order valence-electron chi connectivity index (χ2n) is 7.32. The zero-order valence-electron chi connectivity index (χ0n) is 15.5. The third-order valence-corrected chi connectivity index (χ3v) is 5.57. The molecule has 26 heavy (non-hydrogen) atoms. The van der Waals surface area contributed by atoms with Gasteiger partial charge < -0.3 is 4.57 Å². The lowest BCUT2D eigenvalue weighted by molar-refractivity contribution is -0.662. The summed E-state index contributed by atoms with van der Waals surface area (Å²) in [6, 6.07) is 8.84. The molecule has 2 aromatic carbocycles. The predicted octanol–water partition coefficient (Wildman–Crippen LogP) is 3.74. The molecule has 2 aromatic heterocycles. The third-order valence-electron chi connectivity index (χ3n) is 5.57. The minimum Gasteiger partial charge on any atom is -0.302 e. The molecular formula is C22H21N4+. The Bertz CT molecular complexity index is 1200. The summed E-state index contributed by atoms with van der Waals surface area (Å²) in [4.78, 5) is 9.20. The SMILES string of the molecule is Cc1ccc2c(-c3c(C)c(C)cc4c3-n3ccnc3C4)[n+](C)cnc2c1. The molecule has 0 amide bonds. The molecule has 0 spiro atoms. The lowest BCUT2D eigenvalue weighted by Crippen LogP contribution is -2.32. The minimum atomic E-state index is 0.891. The molecule has 1 aliphatic rings. The summed E-state index contributed by atoms with van der Waals surface area (Å²) >= 11 is 0. The van der Waals surface area contributed by atoms with E-state index in [4.69, 9.17) is 0 Å². The van der Waals surface area contributed by atoms with Crippen LogP contribution in [0.25, 0.3) is 27.8 Å². The molecule has 0 N–H and O–H groups in total. The first-order chi connectivity index (χ1) is 12.5. The van der Waals surface area contributed by atoms with Gasteiger partial charge in [0.15, 0.2) is 5.52 Å². The van der Waals surface area contributed by atoms with Crippen LogP contribution in [0.4, 0.5) is 0 Å². The second kappa shape index (κ2) is 5.24. The molecule has 0 unspecified atom stereocenters. The summed E-state index contributed by atoms with van der Waals surface area (Å²) in [6.45, 7) is 6.54. The third kappa shape index (κ3) is 1.99. The molecular weight excluding hydrogens is 320 g/mol. The van der Waals surface area contributed by atoms with Gasteiger partial charge in [0.05, 0.1) is 18.1 Å². The molecule has 3 heterocycles. The maximum atomic E-state index is 4.65. The zero-order chi connectivity index (χ0) is 18.0. The van der Waals surface area contributed by atoms with Crippen molar-refractivity contribution in [2.75, 3.05) is 0 Å². The van der Waals surface area contributed by atoms with E-state index in [1.54, 1.807) is 0 Å². The van der Waals surface area contributed by atoms with E-state index in [1.807, 2.05) is 12.5 Å². The average molecular weight is 341 g/mol. The first-order valence-electron chi connectivity index (χ1n) is 8.95. The highest BCUT2D eigenvalue weighted by atomic mass is 15.1. The Morgan fingerprint density at radius 3 is 2.77 bits per heavy atom. The van der Waals surface area contributed by atoms with Crippen LogP contribution in [0.2, 0.25) is 0 Å². The molecule has 0 saturated heterocycles. The van der Waals surface area contributed by atoms with Gasteiger partial charge in [-0.05, 0) is 60.1 Å². The van der Waals surface area contributed by atoms with Crippen LogP contribution >= 0.6 is 0 Å². The van der Waals surface area contributed by atoms with Crippen LogP contribution in [0.3, 0.4) is 0 Å². The molecule has 0 atom stereocenters. The number of nitrogens with zero attached hydrogens (tertiary/aromatic N) is 4. The molecule has 0 saturated carbocycles. The molecule has 4 aromatic rings. The predicted molar refractivity (Wildman–Crippen MR) is 102 cm³/mol. The fraction of sp³-hybridized carbons (Fsp3) is 0.227. The van der Waals surface area contributed by atoms with Crippen LogP contribution in [0.1, 0.15) is 28.1 Å². The normalized spacial score (nSPS) is 12.5. The van der Waals surface area contributed by atoms with Gasteiger partial charge in [-0.15, -0.1) is 0 Å². The largest absolute Gasteiger partial charge is 0.302 e. The molecule has 4 heteroatoms. The minimum absolute atomic E-state index is 0.891. The standard InChI is InChI=1S/C22H21N4/c1-13-5-6-17-18(9-13)24-12-25(4)22(17)20-15(3)14(2)10-16-11-19-23-7-8-26(19)21(16)20/h5-10,12H,11H2,1-4H3/q+1. The van der Waals surface area contributed by atoms with Crippen LogP contribution in [0.5, 0.6) is 0 Å². The van der Waals surface area contributed by atoms with Crippen molar-refractivity contribution in [2.24, 2.45) is 7.05 Å². The molecule has 1 aliphatic heterocycles. The van der Waals surface area contributed by atoms with E-state index >= 15 is 0 Å². The Labute approximate surface area is 152 Å². The van der Waals surface area contributed by atoms with E-state index in [-0.39, 0.29) is 0 Å². The van der Waals surface area contributed by atoms with Crippen molar-refractivity contribution in [3.63, 3.8) is 0 Å². The van der Waals surface area contributed by atoms with Crippen molar-refractivity contribution in [3.05, 3.63) is 71.1 Å². The lowest BCUT2D eigenvalue weighted by atomic mass is 9.92. The first kappa shape index (κ1) is 15.3. The molecule has 128 valence electrons. The Balaban J connectivity index is 1.95. The summed E-state index contributed by atoms with van der Waals surface area (Å²) in [5, 5.41) is 1.19. The zero-order valence-corrected chi connectivity index (χ0v) is 15.5. The van der Waals surface area contributed by atoms with Gasteiger partial charge in [-0.1, -0.05) is 12.1 Å². The van der Waals surface area contributed by atoms with Crippen molar-refractivity contribution in [1.82, 2.24) is 14.5 Å². The van der Waals surface area contributed by atoms with E-state index in [0.717, 1.165) is 17.8 Å². The van der Waals surface area contributed by atoms with Gasteiger partial charge in [0.2, 0.25) is 0 Å². The summed E-state index contributed by atoms with van der Waals surface area (Å²) in [6.07, 6.45) is 6.79. The summed E-state index contributed by atoms with van der Waals surface area (Å²) in [5.74, 6) is 1.11.